The van der Waals surface area contributed by atoms with Crippen LogP contribution in [0.4, 0.5) is 4.39 Å². The van der Waals surface area contributed by atoms with Gasteiger partial charge in [0.1, 0.15) is 11.6 Å². The molecular formula is C17H14BrFN2O2. The van der Waals surface area contributed by atoms with Crippen molar-refractivity contribution in [1.82, 2.24) is 5.43 Å². The van der Waals surface area contributed by atoms with Crippen LogP contribution in [0.3, 0.4) is 0 Å². The van der Waals surface area contributed by atoms with Gasteiger partial charge in [-0.15, -0.1) is 0 Å². The van der Waals surface area contributed by atoms with Gasteiger partial charge in [-0.3, -0.25) is 4.79 Å². The van der Waals surface area contributed by atoms with Crippen LogP contribution < -0.4 is 10.2 Å². The van der Waals surface area contributed by atoms with E-state index in [9.17, 15) is 9.18 Å². The van der Waals surface area contributed by atoms with Crippen molar-refractivity contribution >= 4 is 34.1 Å². The fourth-order valence-electron chi connectivity index (χ4n) is 1.62. The number of benzene rings is 2. The topological polar surface area (TPSA) is 50.7 Å². The molecule has 1 N–H and O–H groups in total. The molecule has 0 aliphatic heterocycles. The molecule has 0 aromatic heterocycles. The minimum atomic E-state index is -0.411. The van der Waals surface area contributed by atoms with E-state index in [1.165, 1.54) is 30.5 Å². The highest BCUT2D eigenvalue weighted by Crippen LogP contribution is 2.11. The molecule has 0 saturated carbocycles. The van der Waals surface area contributed by atoms with Crippen molar-refractivity contribution in [2.75, 3.05) is 6.61 Å². The Morgan fingerprint density at radius 2 is 1.87 bits per heavy atom. The van der Waals surface area contributed by atoms with E-state index in [2.05, 4.69) is 26.5 Å². The van der Waals surface area contributed by atoms with Crippen molar-refractivity contribution in [2.45, 2.75) is 0 Å². The van der Waals surface area contributed by atoms with Crippen molar-refractivity contribution in [3.63, 3.8) is 0 Å². The summed E-state index contributed by atoms with van der Waals surface area (Å²) in [7, 11) is 0. The monoisotopic (exact) mass is 376 g/mol. The zero-order valence-corrected chi connectivity index (χ0v) is 13.7. The van der Waals surface area contributed by atoms with Crippen molar-refractivity contribution in [3.05, 3.63) is 70.5 Å². The molecule has 0 spiro atoms. The first-order valence-corrected chi connectivity index (χ1v) is 7.55. The van der Waals surface area contributed by atoms with Gasteiger partial charge >= 0.3 is 0 Å². The van der Waals surface area contributed by atoms with Gasteiger partial charge in [-0.2, -0.15) is 5.10 Å². The van der Waals surface area contributed by atoms with E-state index in [4.69, 9.17) is 4.74 Å². The second-order valence-corrected chi connectivity index (χ2v) is 5.39. The normalized spacial score (nSPS) is 11.5. The molecule has 0 atom stereocenters. The number of amides is 1. The second kappa shape index (κ2) is 8.85. The van der Waals surface area contributed by atoms with Gasteiger partial charge in [0.25, 0.3) is 5.91 Å². The number of carbonyl (C=O) groups excluding carboxylic acids is 1. The molecule has 0 unspecified atom stereocenters. The molecule has 2 rings (SSSR count). The largest absolute Gasteiger partial charge is 0.484 e. The van der Waals surface area contributed by atoms with Gasteiger partial charge in [-0.05, 0) is 51.8 Å². The van der Waals surface area contributed by atoms with Crippen LogP contribution in [0.2, 0.25) is 0 Å². The van der Waals surface area contributed by atoms with E-state index >= 15 is 0 Å². The number of halogens is 2. The fraction of sp³-hybridized carbons (Fsp3) is 0.0588. The third kappa shape index (κ3) is 6.44. The molecule has 0 saturated heterocycles. The molecule has 0 bridgehead atoms. The van der Waals surface area contributed by atoms with Crippen molar-refractivity contribution < 1.29 is 13.9 Å². The van der Waals surface area contributed by atoms with Crippen molar-refractivity contribution in [3.8, 4) is 5.75 Å². The Morgan fingerprint density at radius 1 is 1.17 bits per heavy atom. The van der Waals surface area contributed by atoms with Crippen LogP contribution >= 0.6 is 15.9 Å². The zero-order chi connectivity index (χ0) is 16.5. The van der Waals surface area contributed by atoms with Gasteiger partial charge in [0.05, 0.1) is 6.21 Å². The van der Waals surface area contributed by atoms with Crippen LogP contribution in [0, 0.1) is 5.82 Å². The van der Waals surface area contributed by atoms with E-state index in [0.717, 1.165) is 5.56 Å². The Labute approximate surface area is 141 Å². The number of nitrogens with zero attached hydrogens (tertiary/aromatic N) is 1. The molecule has 0 fully saturated rings. The van der Waals surface area contributed by atoms with Gasteiger partial charge in [-0.25, -0.2) is 9.82 Å². The van der Waals surface area contributed by atoms with Gasteiger partial charge < -0.3 is 4.74 Å². The lowest BCUT2D eigenvalue weighted by Crippen LogP contribution is -2.24. The summed E-state index contributed by atoms with van der Waals surface area (Å²) in [6.07, 6.45) is 3.34. The van der Waals surface area contributed by atoms with Crippen molar-refractivity contribution in [1.29, 1.82) is 0 Å². The molecule has 1 amide bonds. The average Bonchev–Trinajstić information content (AvgIpc) is 2.55. The van der Waals surface area contributed by atoms with Gasteiger partial charge in [0.15, 0.2) is 6.61 Å². The highest BCUT2D eigenvalue weighted by Gasteiger charge is 2.01. The first-order chi connectivity index (χ1) is 11.1. The maximum Gasteiger partial charge on any atom is 0.277 e. The van der Waals surface area contributed by atoms with Crippen LogP contribution in [0.15, 0.2) is 64.2 Å². The maximum atomic E-state index is 12.7. The quantitative estimate of drug-likeness (QED) is 0.616. The Hall–Kier alpha value is -2.47. The summed E-state index contributed by atoms with van der Waals surface area (Å²) < 4.78 is 18.6. The van der Waals surface area contributed by atoms with Crippen LogP contribution in [0.5, 0.6) is 5.75 Å². The lowest BCUT2D eigenvalue weighted by molar-refractivity contribution is -0.123. The van der Waals surface area contributed by atoms with E-state index in [0.29, 0.717) is 10.2 Å². The zero-order valence-electron chi connectivity index (χ0n) is 12.1. The SMILES string of the molecule is O=C(COc1ccc(F)cc1)N/N=C\C(Br)=C\c1ccccc1. The Morgan fingerprint density at radius 3 is 2.57 bits per heavy atom. The first kappa shape index (κ1) is 16.9. The van der Waals surface area contributed by atoms with E-state index in [1.54, 1.807) is 0 Å². The second-order valence-electron chi connectivity index (χ2n) is 4.48. The van der Waals surface area contributed by atoms with Gasteiger partial charge in [0, 0.05) is 4.48 Å². The Kier molecular flexibility index (Phi) is 6.50. The number of hydrogen-bond donors (Lipinski definition) is 1. The van der Waals surface area contributed by atoms with E-state index in [1.807, 2.05) is 36.4 Å². The average molecular weight is 377 g/mol. The summed E-state index contributed by atoms with van der Waals surface area (Å²) >= 11 is 3.34. The molecule has 2 aromatic carbocycles. The summed E-state index contributed by atoms with van der Waals surface area (Å²) in [5.74, 6) is -0.359. The fourth-order valence-corrected chi connectivity index (χ4v) is 1.99. The minimum Gasteiger partial charge on any atom is -0.484 e. The summed E-state index contributed by atoms with van der Waals surface area (Å²) in [5, 5.41) is 3.81. The smallest absolute Gasteiger partial charge is 0.277 e. The van der Waals surface area contributed by atoms with Gasteiger partial charge in [-0.1, -0.05) is 30.3 Å². The standard InChI is InChI=1S/C17H14BrFN2O2/c18-14(10-13-4-2-1-3-5-13)11-20-21-17(22)12-23-16-8-6-15(19)7-9-16/h1-11H,12H2,(H,21,22)/b14-10-,20-11-. The van der Waals surface area contributed by atoms with E-state index in [-0.39, 0.29) is 12.4 Å². The lowest BCUT2D eigenvalue weighted by Gasteiger charge is -2.04. The summed E-state index contributed by atoms with van der Waals surface area (Å²) in [4.78, 5) is 11.6. The summed E-state index contributed by atoms with van der Waals surface area (Å²) in [6.45, 7) is -0.205. The highest BCUT2D eigenvalue weighted by molar-refractivity contribution is 9.12. The molecule has 0 aliphatic carbocycles. The Balaban J connectivity index is 1.77. The number of rotatable bonds is 6. The highest BCUT2D eigenvalue weighted by atomic mass is 79.9. The molecule has 6 heteroatoms. The maximum absolute atomic E-state index is 12.7. The van der Waals surface area contributed by atoms with Crippen molar-refractivity contribution in [2.24, 2.45) is 5.10 Å². The molecule has 4 nitrogen and oxygen atoms in total. The third-order valence-corrected chi connectivity index (χ3v) is 3.10. The minimum absolute atomic E-state index is 0.205. The molecule has 118 valence electrons. The molecular weight excluding hydrogens is 363 g/mol. The lowest BCUT2D eigenvalue weighted by atomic mass is 10.2. The number of ether oxygens (including phenoxy) is 1. The van der Waals surface area contributed by atoms with Crippen LogP contribution in [-0.2, 0) is 4.79 Å². The molecule has 2 aromatic rings. The summed E-state index contributed by atoms with van der Waals surface area (Å²) in [6, 6.07) is 15.1. The van der Waals surface area contributed by atoms with E-state index < -0.39 is 5.91 Å². The molecule has 0 aliphatic rings. The number of hydrazone groups is 1. The summed E-state index contributed by atoms with van der Waals surface area (Å²) in [5.41, 5.74) is 3.35. The number of carbonyl (C=O) groups is 1. The third-order valence-electron chi connectivity index (χ3n) is 2.66. The van der Waals surface area contributed by atoms with Crippen LogP contribution in [-0.4, -0.2) is 18.7 Å². The molecule has 0 heterocycles. The number of hydrogen-bond acceptors (Lipinski definition) is 3. The first-order valence-electron chi connectivity index (χ1n) is 6.76. The predicted molar refractivity (Wildman–Crippen MR) is 91.9 cm³/mol. The van der Waals surface area contributed by atoms with Crippen LogP contribution in [0.1, 0.15) is 5.56 Å². The molecule has 0 radical (unpaired) electrons. The Bertz CT molecular complexity index is 700. The number of nitrogens with one attached hydrogen (secondary N) is 1. The number of allylic oxidation sites excluding steroid dienone is 1. The molecule has 23 heavy (non-hydrogen) atoms. The van der Waals surface area contributed by atoms with Gasteiger partial charge in [0.2, 0.25) is 0 Å². The predicted octanol–water partition coefficient (Wildman–Crippen LogP) is 3.74. The van der Waals surface area contributed by atoms with Crippen LogP contribution in [0.25, 0.3) is 6.08 Å².